The molecule has 0 radical (unpaired) electrons. The second-order valence-corrected chi connectivity index (χ2v) is 5.16. The van der Waals surface area contributed by atoms with Crippen LogP contribution in [-0.4, -0.2) is 15.8 Å². The summed E-state index contributed by atoms with van der Waals surface area (Å²) in [4.78, 5) is 1.41. The molecule has 0 aromatic carbocycles. The number of aryl methyl sites for hydroxylation is 2. The van der Waals surface area contributed by atoms with Gasteiger partial charge < -0.3 is 5.32 Å². The third kappa shape index (κ3) is 2.64. The number of nitrogens with zero attached hydrogens (tertiary/aromatic N) is 2. The largest absolute Gasteiger partial charge is 0.366 e. The van der Waals surface area contributed by atoms with E-state index in [0.29, 0.717) is 6.04 Å². The summed E-state index contributed by atoms with van der Waals surface area (Å²) >= 11 is 1.80. The number of hydrogen-bond acceptors (Lipinski definition) is 3. The maximum Gasteiger partial charge on any atom is 0.148 e. The summed E-state index contributed by atoms with van der Waals surface area (Å²) < 4.78 is 1.89. The van der Waals surface area contributed by atoms with Crippen LogP contribution in [-0.2, 0) is 13.5 Å². The van der Waals surface area contributed by atoms with Gasteiger partial charge in [0.2, 0.25) is 0 Å². The summed E-state index contributed by atoms with van der Waals surface area (Å²) in [5.74, 6) is 0.962. The quantitative estimate of drug-likeness (QED) is 0.883. The van der Waals surface area contributed by atoms with Crippen LogP contribution in [0.25, 0.3) is 0 Å². The monoisotopic (exact) mass is 235 g/mol. The van der Waals surface area contributed by atoms with Crippen molar-refractivity contribution in [2.45, 2.75) is 26.3 Å². The van der Waals surface area contributed by atoms with Crippen LogP contribution < -0.4 is 5.32 Å². The molecule has 0 aliphatic rings. The van der Waals surface area contributed by atoms with E-state index in [1.54, 1.807) is 11.3 Å². The molecule has 0 aliphatic carbocycles. The van der Waals surface area contributed by atoms with Crippen LogP contribution in [0.2, 0.25) is 0 Å². The topological polar surface area (TPSA) is 29.9 Å². The van der Waals surface area contributed by atoms with Crippen LogP contribution in [0.15, 0.2) is 23.6 Å². The van der Waals surface area contributed by atoms with Gasteiger partial charge in [0.25, 0.3) is 0 Å². The van der Waals surface area contributed by atoms with E-state index in [1.807, 2.05) is 11.7 Å². The zero-order valence-electron chi connectivity index (χ0n) is 9.90. The van der Waals surface area contributed by atoms with Gasteiger partial charge in [-0.3, -0.25) is 4.68 Å². The fraction of sp³-hybridized carbons (Fsp3) is 0.417. The highest BCUT2D eigenvalue weighted by atomic mass is 32.1. The molecule has 2 aromatic rings. The van der Waals surface area contributed by atoms with Crippen molar-refractivity contribution in [3.63, 3.8) is 0 Å². The average molecular weight is 235 g/mol. The fourth-order valence-electron chi connectivity index (χ4n) is 1.67. The zero-order valence-corrected chi connectivity index (χ0v) is 10.7. The molecule has 1 atom stereocenters. The van der Waals surface area contributed by atoms with Crippen LogP contribution in [0, 0.1) is 6.92 Å². The molecule has 0 spiro atoms. The van der Waals surface area contributed by atoms with Gasteiger partial charge in [0.05, 0.1) is 0 Å². The number of hydrogen-bond donors (Lipinski definition) is 1. The van der Waals surface area contributed by atoms with Gasteiger partial charge in [-0.05, 0) is 25.3 Å². The molecular formula is C12H17N3S. The van der Waals surface area contributed by atoms with Crippen LogP contribution in [0.1, 0.15) is 17.5 Å². The highest BCUT2D eigenvalue weighted by Gasteiger charge is 2.07. The van der Waals surface area contributed by atoms with Crippen LogP contribution in [0.3, 0.4) is 0 Å². The molecule has 2 rings (SSSR count). The van der Waals surface area contributed by atoms with Gasteiger partial charge in [-0.15, -0.1) is 11.3 Å². The first-order valence-corrected chi connectivity index (χ1v) is 6.32. The third-order valence-electron chi connectivity index (χ3n) is 2.60. The summed E-state index contributed by atoms with van der Waals surface area (Å²) in [5.41, 5.74) is 1.17. The fourth-order valence-corrected chi connectivity index (χ4v) is 2.50. The van der Waals surface area contributed by atoms with Crippen molar-refractivity contribution < 1.29 is 0 Å². The number of thiophene rings is 1. The summed E-state index contributed by atoms with van der Waals surface area (Å²) in [5, 5.41) is 9.92. The summed E-state index contributed by atoms with van der Waals surface area (Å²) in [7, 11) is 1.96. The van der Waals surface area contributed by atoms with Gasteiger partial charge in [0, 0.05) is 36.1 Å². The van der Waals surface area contributed by atoms with Crippen molar-refractivity contribution >= 4 is 17.2 Å². The first kappa shape index (κ1) is 11.2. The van der Waals surface area contributed by atoms with E-state index in [4.69, 9.17) is 0 Å². The molecule has 3 nitrogen and oxygen atoms in total. The number of nitrogens with one attached hydrogen (secondary N) is 1. The van der Waals surface area contributed by atoms with Gasteiger partial charge in [-0.1, -0.05) is 6.07 Å². The minimum Gasteiger partial charge on any atom is -0.366 e. The smallest absolute Gasteiger partial charge is 0.148 e. The molecular weight excluding hydrogens is 218 g/mol. The van der Waals surface area contributed by atoms with Crippen molar-refractivity contribution in [1.82, 2.24) is 9.78 Å². The molecule has 0 saturated heterocycles. The average Bonchev–Trinajstić information content (AvgIpc) is 2.78. The SMILES string of the molecule is Cc1cc(NC(C)Cc2cccs2)nn1C. The van der Waals surface area contributed by atoms with E-state index < -0.39 is 0 Å². The van der Waals surface area contributed by atoms with E-state index in [1.165, 1.54) is 10.6 Å². The number of anilines is 1. The molecule has 1 N–H and O–H groups in total. The summed E-state index contributed by atoms with van der Waals surface area (Å²) in [6, 6.07) is 6.75. The van der Waals surface area contributed by atoms with E-state index in [-0.39, 0.29) is 0 Å². The second-order valence-electron chi connectivity index (χ2n) is 4.12. The predicted molar refractivity (Wildman–Crippen MR) is 69.1 cm³/mol. The second kappa shape index (κ2) is 4.70. The van der Waals surface area contributed by atoms with Crippen molar-refractivity contribution in [3.05, 3.63) is 34.2 Å². The van der Waals surface area contributed by atoms with Gasteiger partial charge in [-0.2, -0.15) is 5.10 Å². The first-order chi connectivity index (χ1) is 7.65. The lowest BCUT2D eigenvalue weighted by molar-refractivity contribution is 0.729. The standard InChI is InChI=1S/C12H17N3S/c1-9(7-11-5-4-6-16-11)13-12-8-10(2)15(3)14-12/h4-6,8-9H,7H2,1-3H3,(H,13,14). The lowest BCUT2D eigenvalue weighted by Crippen LogP contribution is -2.17. The minimum atomic E-state index is 0.410. The molecule has 0 fully saturated rings. The molecule has 86 valence electrons. The maximum absolute atomic E-state index is 4.39. The highest BCUT2D eigenvalue weighted by Crippen LogP contribution is 2.14. The molecule has 2 aromatic heterocycles. The Bertz CT molecular complexity index is 425. The number of rotatable bonds is 4. The first-order valence-electron chi connectivity index (χ1n) is 5.44. The lowest BCUT2D eigenvalue weighted by atomic mass is 10.2. The molecule has 0 saturated carbocycles. The van der Waals surface area contributed by atoms with E-state index in [2.05, 4.69) is 47.8 Å². The van der Waals surface area contributed by atoms with Crippen molar-refractivity contribution in [2.75, 3.05) is 5.32 Å². The molecule has 0 amide bonds. The summed E-state index contributed by atoms with van der Waals surface area (Å²) in [6.07, 6.45) is 1.05. The molecule has 1 unspecified atom stereocenters. The van der Waals surface area contributed by atoms with E-state index >= 15 is 0 Å². The maximum atomic E-state index is 4.39. The Labute approximate surface area is 100 Å². The Morgan fingerprint density at radius 2 is 2.38 bits per heavy atom. The van der Waals surface area contributed by atoms with Crippen molar-refractivity contribution in [2.24, 2.45) is 7.05 Å². The lowest BCUT2D eigenvalue weighted by Gasteiger charge is -2.11. The summed E-state index contributed by atoms with van der Waals surface area (Å²) in [6.45, 7) is 4.24. The Morgan fingerprint density at radius 3 is 2.94 bits per heavy atom. The van der Waals surface area contributed by atoms with Gasteiger partial charge in [0.1, 0.15) is 5.82 Å². The van der Waals surface area contributed by atoms with Crippen molar-refractivity contribution in [3.8, 4) is 0 Å². The van der Waals surface area contributed by atoms with E-state index in [0.717, 1.165) is 12.2 Å². The molecule has 4 heteroatoms. The number of aromatic nitrogens is 2. The van der Waals surface area contributed by atoms with Gasteiger partial charge in [0.15, 0.2) is 0 Å². The Kier molecular flexibility index (Phi) is 3.29. The normalized spacial score (nSPS) is 12.7. The Morgan fingerprint density at radius 1 is 1.56 bits per heavy atom. The van der Waals surface area contributed by atoms with Crippen LogP contribution >= 0.6 is 11.3 Å². The van der Waals surface area contributed by atoms with Crippen molar-refractivity contribution in [1.29, 1.82) is 0 Å². The van der Waals surface area contributed by atoms with Gasteiger partial charge in [-0.25, -0.2) is 0 Å². The minimum absolute atomic E-state index is 0.410. The highest BCUT2D eigenvalue weighted by molar-refractivity contribution is 7.09. The Hall–Kier alpha value is -1.29. The molecule has 0 bridgehead atoms. The van der Waals surface area contributed by atoms with Gasteiger partial charge >= 0.3 is 0 Å². The molecule has 16 heavy (non-hydrogen) atoms. The predicted octanol–water partition coefficient (Wildman–Crippen LogP) is 2.83. The zero-order chi connectivity index (χ0) is 11.5. The molecule has 0 aliphatic heterocycles. The Balaban J connectivity index is 1.94. The third-order valence-corrected chi connectivity index (χ3v) is 3.49. The van der Waals surface area contributed by atoms with E-state index in [9.17, 15) is 0 Å². The van der Waals surface area contributed by atoms with Crippen LogP contribution in [0.4, 0.5) is 5.82 Å². The van der Waals surface area contributed by atoms with Crippen LogP contribution in [0.5, 0.6) is 0 Å². The molecule has 2 heterocycles.